The summed E-state index contributed by atoms with van der Waals surface area (Å²) in [7, 11) is 2.10. The Bertz CT molecular complexity index is 332. The van der Waals surface area contributed by atoms with Crippen molar-refractivity contribution in [1.29, 1.82) is 0 Å². The SMILES string of the molecule is CC[C@H](O)c1ccc(N(C)CC2CC2)cn1. The summed E-state index contributed by atoms with van der Waals surface area (Å²) in [5.74, 6) is 0.880. The molecular weight excluding hydrogens is 200 g/mol. The molecule has 0 amide bonds. The number of hydrogen-bond donors (Lipinski definition) is 1. The first-order valence-electron chi connectivity index (χ1n) is 6.06. The molecule has 1 aromatic heterocycles. The molecule has 1 aromatic rings. The molecule has 1 atom stereocenters. The Morgan fingerprint density at radius 3 is 2.75 bits per heavy atom. The molecule has 2 rings (SSSR count). The Labute approximate surface area is 97.1 Å². The van der Waals surface area contributed by atoms with E-state index in [1.807, 2.05) is 25.3 Å². The average Bonchev–Trinajstić information content (AvgIpc) is 3.12. The van der Waals surface area contributed by atoms with Gasteiger partial charge in [0.15, 0.2) is 0 Å². The third-order valence-corrected chi connectivity index (χ3v) is 3.17. The van der Waals surface area contributed by atoms with Crippen LogP contribution < -0.4 is 4.90 Å². The van der Waals surface area contributed by atoms with Crippen molar-refractivity contribution in [3.63, 3.8) is 0 Å². The zero-order chi connectivity index (χ0) is 11.5. The van der Waals surface area contributed by atoms with Gasteiger partial charge < -0.3 is 10.0 Å². The largest absolute Gasteiger partial charge is 0.387 e. The molecule has 0 aliphatic heterocycles. The van der Waals surface area contributed by atoms with E-state index >= 15 is 0 Å². The molecule has 3 nitrogen and oxygen atoms in total. The van der Waals surface area contributed by atoms with E-state index in [1.54, 1.807) is 0 Å². The Morgan fingerprint density at radius 1 is 1.50 bits per heavy atom. The maximum atomic E-state index is 9.64. The topological polar surface area (TPSA) is 36.4 Å². The summed E-state index contributed by atoms with van der Waals surface area (Å²) in [5, 5.41) is 9.64. The zero-order valence-electron chi connectivity index (χ0n) is 10.1. The summed E-state index contributed by atoms with van der Waals surface area (Å²) >= 11 is 0. The third-order valence-electron chi connectivity index (χ3n) is 3.17. The van der Waals surface area contributed by atoms with Crippen molar-refractivity contribution in [2.75, 3.05) is 18.5 Å². The lowest BCUT2D eigenvalue weighted by molar-refractivity contribution is 0.169. The van der Waals surface area contributed by atoms with Crippen LogP contribution in [0, 0.1) is 5.92 Å². The third kappa shape index (κ3) is 2.73. The van der Waals surface area contributed by atoms with Crippen molar-refractivity contribution in [1.82, 2.24) is 4.98 Å². The van der Waals surface area contributed by atoms with Crippen LogP contribution in [0.5, 0.6) is 0 Å². The van der Waals surface area contributed by atoms with Gasteiger partial charge in [-0.15, -0.1) is 0 Å². The molecule has 1 fully saturated rings. The highest BCUT2D eigenvalue weighted by atomic mass is 16.3. The zero-order valence-corrected chi connectivity index (χ0v) is 10.1. The normalized spacial score (nSPS) is 17.2. The number of pyridine rings is 1. The van der Waals surface area contributed by atoms with E-state index in [0.717, 1.165) is 23.8 Å². The maximum absolute atomic E-state index is 9.64. The number of aliphatic hydroxyl groups is 1. The quantitative estimate of drug-likeness (QED) is 0.827. The molecule has 1 N–H and O–H groups in total. The fraction of sp³-hybridized carbons (Fsp3) is 0.615. The van der Waals surface area contributed by atoms with Gasteiger partial charge in [0, 0.05) is 13.6 Å². The van der Waals surface area contributed by atoms with Crippen LogP contribution >= 0.6 is 0 Å². The van der Waals surface area contributed by atoms with Gasteiger partial charge in [-0.2, -0.15) is 0 Å². The highest BCUT2D eigenvalue weighted by Gasteiger charge is 2.23. The van der Waals surface area contributed by atoms with E-state index in [9.17, 15) is 5.11 Å². The number of aromatic nitrogens is 1. The summed E-state index contributed by atoms with van der Waals surface area (Å²) in [5.41, 5.74) is 1.91. The van der Waals surface area contributed by atoms with E-state index in [1.165, 1.54) is 12.8 Å². The van der Waals surface area contributed by atoms with Gasteiger partial charge in [-0.1, -0.05) is 6.92 Å². The Morgan fingerprint density at radius 2 is 2.25 bits per heavy atom. The van der Waals surface area contributed by atoms with Crippen molar-refractivity contribution < 1.29 is 5.11 Å². The molecule has 1 heterocycles. The molecule has 1 aliphatic carbocycles. The molecule has 88 valence electrons. The monoisotopic (exact) mass is 220 g/mol. The summed E-state index contributed by atoms with van der Waals surface area (Å²) < 4.78 is 0. The second-order valence-electron chi connectivity index (χ2n) is 4.69. The maximum Gasteiger partial charge on any atom is 0.0957 e. The van der Waals surface area contributed by atoms with Gasteiger partial charge in [0.05, 0.1) is 23.7 Å². The molecule has 0 aromatic carbocycles. The van der Waals surface area contributed by atoms with Crippen LogP contribution in [0.1, 0.15) is 38.0 Å². The number of nitrogens with zero attached hydrogens (tertiary/aromatic N) is 2. The van der Waals surface area contributed by atoms with E-state index in [0.29, 0.717) is 6.42 Å². The molecule has 0 unspecified atom stereocenters. The van der Waals surface area contributed by atoms with Gasteiger partial charge in [-0.25, -0.2) is 0 Å². The van der Waals surface area contributed by atoms with Gasteiger partial charge >= 0.3 is 0 Å². The number of aliphatic hydroxyl groups excluding tert-OH is 1. The summed E-state index contributed by atoms with van der Waals surface area (Å²) in [4.78, 5) is 6.55. The smallest absolute Gasteiger partial charge is 0.0957 e. The molecule has 3 heteroatoms. The second kappa shape index (κ2) is 4.83. The van der Waals surface area contributed by atoms with Crippen LogP contribution in [-0.4, -0.2) is 23.7 Å². The van der Waals surface area contributed by atoms with Crippen LogP contribution in [0.15, 0.2) is 18.3 Å². The average molecular weight is 220 g/mol. The predicted octanol–water partition coefficient (Wildman–Crippen LogP) is 2.37. The van der Waals surface area contributed by atoms with Crippen molar-refractivity contribution >= 4 is 5.69 Å². The summed E-state index contributed by atoms with van der Waals surface area (Å²) in [6, 6.07) is 3.97. The van der Waals surface area contributed by atoms with Crippen molar-refractivity contribution in [3.05, 3.63) is 24.0 Å². The van der Waals surface area contributed by atoms with Crippen LogP contribution in [0.2, 0.25) is 0 Å². The Hall–Kier alpha value is -1.09. The van der Waals surface area contributed by atoms with E-state index in [2.05, 4.69) is 16.9 Å². The highest BCUT2D eigenvalue weighted by Crippen LogP contribution is 2.30. The minimum Gasteiger partial charge on any atom is -0.387 e. The first-order chi connectivity index (χ1) is 7.70. The fourth-order valence-corrected chi connectivity index (χ4v) is 1.82. The molecule has 0 spiro atoms. The predicted molar refractivity (Wildman–Crippen MR) is 65.5 cm³/mol. The number of rotatable bonds is 5. The van der Waals surface area contributed by atoms with Gasteiger partial charge in [0.25, 0.3) is 0 Å². The fourth-order valence-electron chi connectivity index (χ4n) is 1.82. The molecule has 0 saturated heterocycles. The molecule has 0 bridgehead atoms. The molecule has 1 saturated carbocycles. The van der Waals surface area contributed by atoms with Crippen molar-refractivity contribution in [3.8, 4) is 0 Å². The molecular formula is C13H20N2O. The molecule has 0 radical (unpaired) electrons. The second-order valence-corrected chi connectivity index (χ2v) is 4.69. The molecule has 1 aliphatic rings. The Kier molecular flexibility index (Phi) is 3.44. The summed E-state index contributed by atoms with van der Waals surface area (Å²) in [6.45, 7) is 3.08. The van der Waals surface area contributed by atoms with Crippen LogP contribution in [0.25, 0.3) is 0 Å². The standard InChI is InChI=1S/C13H20N2O/c1-3-13(16)12-7-6-11(8-14-12)15(2)9-10-4-5-10/h6-8,10,13,16H,3-5,9H2,1-2H3/t13-/m0/s1. The van der Waals surface area contributed by atoms with E-state index < -0.39 is 6.10 Å². The van der Waals surface area contributed by atoms with E-state index in [-0.39, 0.29) is 0 Å². The number of anilines is 1. The minimum atomic E-state index is -0.428. The lowest BCUT2D eigenvalue weighted by Gasteiger charge is -2.19. The van der Waals surface area contributed by atoms with Crippen LogP contribution in [0.3, 0.4) is 0 Å². The van der Waals surface area contributed by atoms with Gasteiger partial charge in [-0.3, -0.25) is 4.98 Å². The van der Waals surface area contributed by atoms with Gasteiger partial charge in [0.1, 0.15) is 0 Å². The van der Waals surface area contributed by atoms with Crippen molar-refractivity contribution in [2.24, 2.45) is 5.92 Å². The minimum absolute atomic E-state index is 0.428. The van der Waals surface area contributed by atoms with Crippen LogP contribution in [0.4, 0.5) is 5.69 Å². The molecule has 16 heavy (non-hydrogen) atoms. The van der Waals surface area contributed by atoms with Crippen molar-refractivity contribution in [2.45, 2.75) is 32.3 Å². The Balaban J connectivity index is 1.99. The van der Waals surface area contributed by atoms with Gasteiger partial charge in [-0.05, 0) is 37.3 Å². The van der Waals surface area contributed by atoms with Gasteiger partial charge in [0.2, 0.25) is 0 Å². The number of hydrogen-bond acceptors (Lipinski definition) is 3. The lowest BCUT2D eigenvalue weighted by Crippen LogP contribution is -2.20. The summed E-state index contributed by atoms with van der Waals surface area (Å²) in [6.07, 6.45) is 4.87. The van der Waals surface area contributed by atoms with Crippen LogP contribution in [-0.2, 0) is 0 Å². The first kappa shape index (κ1) is 11.4. The highest BCUT2D eigenvalue weighted by molar-refractivity contribution is 5.44. The van der Waals surface area contributed by atoms with E-state index in [4.69, 9.17) is 0 Å². The first-order valence-corrected chi connectivity index (χ1v) is 6.06. The lowest BCUT2D eigenvalue weighted by atomic mass is 10.2.